The van der Waals surface area contributed by atoms with E-state index in [-0.39, 0.29) is 24.5 Å². The summed E-state index contributed by atoms with van der Waals surface area (Å²) in [5.74, 6) is 1.12. The van der Waals surface area contributed by atoms with E-state index < -0.39 is 6.04 Å². The molecule has 1 fully saturated rings. The Morgan fingerprint density at radius 1 is 1.03 bits per heavy atom. The molecule has 1 N–H and O–H groups in total. The predicted molar refractivity (Wildman–Crippen MR) is 115 cm³/mol. The Hall–Kier alpha value is -3.26. The van der Waals surface area contributed by atoms with Crippen LogP contribution in [0.1, 0.15) is 16.8 Å². The fourth-order valence-electron chi connectivity index (χ4n) is 3.57. The van der Waals surface area contributed by atoms with Crippen molar-refractivity contribution < 1.29 is 28.5 Å². The van der Waals surface area contributed by atoms with Crippen LogP contribution in [0.3, 0.4) is 0 Å². The minimum absolute atomic E-state index is 0.239. The zero-order valence-corrected chi connectivity index (χ0v) is 18.0. The van der Waals surface area contributed by atoms with Crippen molar-refractivity contribution in [1.29, 1.82) is 0 Å². The number of likely N-dealkylation sites (tertiary alicyclic amines) is 1. The van der Waals surface area contributed by atoms with Gasteiger partial charge in [-0.3, -0.25) is 9.59 Å². The van der Waals surface area contributed by atoms with Gasteiger partial charge in [-0.1, -0.05) is 18.2 Å². The first-order valence-corrected chi connectivity index (χ1v) is 10.1. The highest BCUT2D eigenvalue weighted by Crippen LogP contribution is 2.30. The van der Waals surface area contributed by atoms with Crippen molar-refractivity contribution in [2.24, 2.45) is 0 Å². The summed E-state index contributed by atoms with van der Waals surface area (Å²) in [5.41, 5.74) is 0.360. The summed E-state index contributed by atoms with van der Waals surface area (Å²) in [6, 6.07) is 13.7. The maximum absolute atomic E-state index is 13.4. The van der Waals surface area contributed by atoms with Gasteiger partial charge in [0.15, 0.2) is 0 Å². The van der Waals surface area contributed by atoms with Gasteiger partial charge in [-0.15, -0.1) is 0 Å². The number of benzene rings is 2. The molecule has 0 aromatic heterocycles. The molecule has 2 amide bonds. The highest BCUT2D eigenvalue weighted by atomic mass is 16.5. The lowest BCUT2D eigenvalue weighted by Crippen LogP contribution is -2.46. The summed E-state index contributed by atoms with van der Waals surface area (Å²) in [6.07, 6.45) is 0.0755. The van der Waals surface area contributed by atoms with Gasteiger partial charge in [0.2, 0.25) is 5.91 Å². The van der Waals surface area contributed by atoms with E-state index in [0.29, 0.717) is 42.4 Å². The minimum atomic E-state index is -0.662. The molecule has 31 heavy (non-hydrogen) atoms. The molecule has 2 unspecified atom stereocenters. The highest BCUT2D eigenvalue weighted by molar-refractivity contribution is 6.00. The number of ether oxygens (including phenoxy) is 4. The number of hydrogen-bond donors (Lipinski definition) is 1. The van der Waals surface area contributed by atoms with Crippen LogP contribution in [0.2, 0.25) is 0 Å². The molecule has 0 bridgehead atoms. The molecule has 8 nitrogen and oxygen atoms in total. The third-order valence-corrected chi connectivity index (χ3v) is 5.12. The lowest BCUT2D eigenvalue weighted by molar-refractivity contribution is -0.125. The summed E-state index contributed by atoms with van der Waals surface area (Å²) in [6.45, 7) is 1.04. The Morgan fingerprint density at radius 2 is 1.81 bits per heavy atom. The summed E-state index contributed by atoms with van der Waals surface area (Å²) in [4.78, 5) is 27.8. The standard InChI is InChI=1S/C23H28N2O6/c1-28-12-11-24-22(26)20-13-18(31-16-7-5-4-6-8-16)15-25(20)23(27)19-10-9-17(29-2)14-21(19)30-3/h4-10,14,18,20H,11-13,15H2,1-3H3,(H,24,26). The Kier molecular flexibility index (Phi) is 7.72. The molecule has 166 valence electrons. The van der Waals surface area contributed by atoms with Crippen LogP contribution in [-0.4, -0.2) is 69.9 Å². The van der Waals surface area contributed by atoms with Crippen molar-refractivity contribution in [3.05, 3.63) is 54.1 Å². The summed E-state index contributed by atoms with van der Waals surface area (Å²) in [7, 11) is 4.60. The molecule has 2 aromatic rings. The van der Waals surface area contributed by atoms with Crippen LogP contribution in [0, 0.1) is 0 Å². The average Bonchev–Trinajstić information content (AvgIpc) is 3.22. The molecule has 1 saturated heterocycles. The second kappa shape index (κ2) is 10.7. The third kappa shape index (κ3) is 5.46. The molecule has 2 aromatic carbocycles. The molecule has 1 heterocycles. The summed E-state index contributed by atoms with van der Waals surface area (Å²) < 4.78 is 21.6. The van der Waals surface area contributed by atoms with E-state index in [2.05, 4.69) is 5.32 Å². The molecule has 3 rings (SSSR count). The average molecular weight is 428 g/mol. The van der Waals surface area contributed by atoms with E-state index >= 15 is 0 Å². The number of amides is 2. The van der Waals surface area contributed by atoms with Gasteiger partial charge in [-0.25, -0.2) is 0 Å². The van der Waals surface area contributed by atoms with Crippen LogP contribution >= 0.6 is 0 Å². The van der Waals surface area contributed by atoms with Crippen molar-refractivity contribution in [3.63, 3.8) is 0 Å². The number of methoxy groups -OCH3 is 3. The number of para-hydroxylation sites is 1. The van der Waals surface area contributed by atoms with Crippen molar-refractivity contribution in [3.8, 4) is 17.2 Å². The normalized spacial score (nSPS) is 17.8. The molecular formula is C23H28N2O6. The Bertz CT molecular complexity index is 889. The van der Waals surface area contributed by atoms with Crippen LogP contribution in [0.5, 0.6) is 17.2 Å². The molecule has 0 aliphatic carbocycles. The van der Waals surface area contributed by atoms with E-state index in [1.807, 2.05) is 30.3 Å². The van der Waals surface area contributed by atoms with Gasteiger partial charge in [0.05, 0.1) is 32.9 Å². The fraction of sp³-hybridized carbons (Fsp3) is 0.391. The van der Waals surface area contributed by atoms with Crippen molar-refractivity contribution in [1.82, 2.24) is 10.2 Å². The van der Waals surface area contributed by atoms with Crippen LogP contribution < -0.4 is 19.5 Å². The Labute approximate surface area is 182 Å². The molecule has 0 saturated carbocycles. The molecule has 8 heteroatoms. The first kappa shape index (κ1) is 22.4. The van der Waals surface area contributed by atoms with Gasteiger partial charge in [-0.05, 0) is 24.3 Å². The number of rotatable bonds is 9. The number of nitrogens with zero attached hydrogens (tertiary/aromatic N) is 1. The van der Waals surface area contributed by atoms with Crippen LogP contribution in [-0.2, 0) is 9.53 Å². The predicted octanol–water partition coefficient (Wildman–Crippen LogP) is 2.13. The van der Waals surface area contributed by atoms with Crippen LogP contribution in [0.15, 0.2) is 48.5 Å². The van der Waals surface area contributed by atoms with Gasteiger partial charge in [-0.2, -0.15) is 0 Å². The SMILES string of the molecule is COCCNC(=O)C1CC(Oc2ccccc2)CN1C(=O)c1ccc(OC)cc1OC. The topological polar surface area (TPSA) is 86.3 Å². The second-order valence-electron chi connectivity index (χ2n) is 7.11. The largest absolute Gasteiger partial charge is 0.497 e. The summed E-state index contributed by atoms with van der Waals surface area (Å²) in [5, 5.41) is 2.83. The molecule has 0 spiro atoms. The Balaban J connectivity index is 1.83. The third-order valence-electron chi connectivity index (χ3n) is 5.12. The number of nitrogens with one attached hydrogen (secondary N) is 1. The second-order valence-corrected chi connectivity index (χ2v) is 7.11. The van der Waals surface area contributed by atoms with Crippen LogP contribution in [0.25, 0.3) is 0 Å². The molecule has 1 aliphatic heterocycles. The van der Waals surface area contributed by atoms with Gasteiger partial charge in [0.1, 0.15) is 29.4 Å². The highest BCUT2D eigenvalue weighted by Gasteiger charge is 2.41. The lowest BCUT2D eigenvalue weighted by atomic mass is 10.1. The first-order valence-electron chi connectivity index (χ1n) is 10.1. The quantitative estimate of drug-likeness (QED) is 0.616. The van der Waals surface area contributed by atoms with Crippen molar-refractivity contribution in [2.75, 3.05) is 41.0 Å². The fourth-order valence-corrected chi connectivity index (χ4v) is 3.57. The summed E-state index contributed by atoms with van der Waals surface area (Å²) >= 11 is 0. The number of carbonyl (C=O) groups excluding carboxylic acids is 2. The lowest BCUT2D eigenvalue weighted by Gasteiger charge is -2.24. The number of carbonyl (C=O) groups is 2. The van der Waals surface area contributed by atoms with Gasteiger partial charge in [0.25, 0.3) is 5.91 Å². The van der Waals surface area contributed by atoms with Gasteiger partial charge < -0.3 is 29.2 Å². The van der Waals surface area contributed by atoms with E-state index in [0.717, 1.165) is 0 Å². The zero-order valence-electron chi connectivity index (χ0n) is 18.0. The first-order chi connectivity index (χ1) is 15.1. The van der Waals surface area contributed by atoms with E-state index in [1.54, 1.807) is 37.3 Å². The molecular weight excluding hydrogens is 400 g/mol. The van der Waals surface area contributed by atoms with Crippen molar-refractivity contribution >= 4 is 11.8 Å². The van der Waals surface area contributed by atoms with E-state index in [4.69, 9.17) is 18.9 Å². The van der Waals surface area contributed by atoms with Gasteiger partial charge >= 0.3 is 0 Å². The molecule has 1 aliphatic rings. The molecule has 2 atom stereocenters. The maximum Gasteiger partial charge on any atom is 0.258 e. The zero-order chi connectivity index (χ0) is 22.2. The van der Waals surface area contributed by atoms with Gasteiger partial charge in [0, 0.05) is 26.1 Å². The van der Waals surface area contributed by atoms with Crippen molar-refractivity contribution in [2.45, 2.75) is 18.6 Å². The smallest absolute Gasteiger partial charge is 0.258 e. The maximum atomic E-state index is 13.4. The molecule has 0 radical (unpaired) electrons. The van der Waals surface area contributed by atoms with Crippen LogP contribution in [0.4, 0.5) is 0 Å². The Morgan fingerprint density at radius 3 is 2.48 bits per heavy atom. The van der Waals surface area contributed by atoms with E-state index in [1.165, 1.54) is 7.11 Å². The minimum Gasteiger partial charge on any atom is -0.497 e. The monoisotopic (exact) mass is 428 g/mol. The number of hydrogen-bond acceptors (Lipinski definition) is 6. The van der Waals surface area contributed by atoms with E-state index in [9.17, 15) is 9.59 Å².